The lowest BCUT2D eigenvalue weighted by Crippen LogP contribution is -2.44. The first-order valence-corrected chi connectivity index (χ1v) is 13.1. The van der Waals surface area contributed by atoms with Gasteiger partial charge in [0.2, 0.25) is 17.7 Å². The van der Waals surface area contributed by atoms with E-state index in [0.29, 0.717) is 32.2 Å². The van der Waals surface area contributed by atoms with Gasteiger partial charge in [-0.25, -0.2) is 4.79 Å². The van der Waals surface area contributed by atoms with E-state index in [1.807, 2.05) is 0 Å². The predicted octanol–water partition coefficient (Wildman–Crippen LogP) is -0.352. The summed E-state index contributed by atoms with van der Waals surface area (Å²) in [5.41, 5.74) is 5.42. The number of carboxylic acids is 1. The highest BCUT2D eigenvalue weighted by atomic mass is 16.4. The van der Waals surface area contributed by atoms with Gasteiger partial charge in [-0.15, -0.1) is 0 Å². The summed E-state index contributed by atoms with van der Waals surface area (Å²) >= 11 is 0. The average Bonchev–Trinajstić information content (AvgIpc) is 3.50. The van der Waals surface area contributed by atoms with Crippen LogP contribution in [-0.2, 0) is 19.2 Å². The SMILES string of the molecule is NCCN1CCCCC1.O=C1CC[C@@H](C(=O)NCCN2CCCCC2)N1.O=C1CC[C@@H](C(=O)O)N1. The van der Waals surface area contributed by atoms with Crippen LogP contribution in [0.1, 0.15) is 64.2 Å². The fourth-order valence-electron chi connectivity index (χ4n) is 4.62. The van der Waals surface area contributed by atoms with Crippen molar-refractivity contribution in [2.45, 2.75) is 76.3 Å². The van der Waals surface area contributed by atoms with Crippen molar-refractivity contribution < 1.29 is 24.3 Å². The fraction of sp³-hybridized carbons (Fsp3) is 0.833. The quantitative estimate of drug-likeness (QED) is 0.320. The van der Waals surface area contributed by atoms with Crippen LogP contribution in [0.5, 0.6) is 0 Å². The zero-order chi connectivity index (χ0) is 25.5. The highest BCUT2D eigenvalue weighted by Gasteiger charge is 2.27. The number of carbonyl (C=O) groups is 4. The van der Waals surface area contributed by atoms with Crippen molar-refractivity contribution >= 4 is 23.7 Å². The van der Waals surface area contributed by atoms with E-state index in [2.05, 4.69) is 25.8 Å². The van der Waals surface area contributed by atoms with Crippen LogP contribution in [0, 0.1) is 0 Å². The van der Waals surface area contributed by atoms with Crippen molar-refractivity contribution in [2.75, 3.05) is 52.4 Å². The number of carbonyl (C=O) groups excluding carboxylic acids is 3. The molecule has 200 valence electrons. The van der Waals surface area contributed by atoms with Gasteiger partial charge < -0.3 is 36.6 Å². The number of hydrogen-bond donors (Lipinski definition) is 5. The van der Waals surface area contributed by atoms with Gasteiger partial charge in [-0.05, 0) is 64.7 Å². The molecule has 0 spiro atoms. The minimum atomic E-state index is -0.944. The third kappa shape index (κ3) is 11.8. The van der Waals surface area contributed by atoms with E-state index in [1.54, 1.807) is 0 Å². The minimum absolute atomic E-state index is 0.0128. The summed E-state index contributed by atoms with van der Waals surface area (Å²) in [5.74, 6) is -1.16. The van der Waals surface area contributed by atoms with Crippen LogP contribution in [0.2, 0.25) is 0 Å². The maximum absolute atomic E-state index is 11.7. The van der Waals surface area contributed by atoms with Crippen molar-refractivity contribution in [2.24, 2.45) is 5.73 Å². The Hall–Kier alpha value is -2.24. The number of carboxylic acid groups (broad SMARTS) is 1. The van der Waals surface area contributed by atoms with Crippen LogP contribution in [-0.4, -0.2) is 103 Å². The van der Waals surface area contributed by atoms with Crippen molar-refractivity contribution in [3.63, 3.8) is 0 Å². The summed E-state index contributed by atoms with van der Waals surface area (Å²) < 4.78 is 0. The largest absolute Gasteiger partial charge is 0.480 e. The highest BCUT2D eigenvalue weighted by Crippen LogP contribution is 2.09. The number of nitrogens with zero attached hydrogens (tertiary/aromatic N) is 2. The molecular formula is C24H44N6O5. The smallest absolute Gasteiger partial charge is 0.326 e. The Morgan fingerprint density at radius 2 is 1.31 bits per heavy atom. The summed E-state index contributed by atoms with van der Waals surface area (Å²) in [4.78, 5) is 48.0. The molecule has 4 saturated heterocycles. The first kappa shape index (κ1) is 29.0. The second-order valence-corrected chi connectivity index (χ2v) is 9.54. The van der Waals surface area contributed by atoms with E-state index in [0.717, 1.165) is 32.7 Å². The number of rotatable bonds is 7. The van der Waals surface area contributed by atoms with Gasteiger partial charge in [0.05, 0.1) is 0 Å². The Morgan fingerprint density at radius 3 is 1.71 bits per heavy atom. The molecule has 0 aromatic carbocycles. The molecule has 4 aliphatic heterocycles. The third-order valence-electron chi connectivity index (χ3n) is 6.68. The van der Waals surface area contributed by atoms with Gasteiger partial charge in [0.15, 0.2) is 0 Å². The number of hydrogen-bond acceptors (Lipinski definition) is 7. The molecule has 11 heteroatoms. The summed E-state index contributed by atoms with van der Waals surface area (Å²) in [7, 11) is 0. The van der Waals surface area contributed by atoms with Gasteiger partial charge in [0.1, 0.15) is 12.1 Å². The average molecular weight is 497 g/mol. The molecular weight excluding hydrogens is 452 g/mol. The molecule has 0 aliphatic carbocycles. The van der Waals surface area contributed by atoms with Crippen molar-refractivity contribution in [3.05, 3.63) is 0 Å². The van der Waals surface area contributed by atoms with E-state index in [1.165, 1.54) is 51.6 Å². The summed E-state index contributed by atoms with van der Waals surface area (Å²) in [6.45, 7) is 8.37. The first-order valence-electron chi connectivity index (χ1n) is 13.1. The number of nitrogens with two attached hydrogens (primary N) is 1. The molecule has 0 aromatic rings. The van der Waals surface area contributed by atoms with E-state index >= 15 is 0 Å². The standard InChI is InChI=1S/C12H21N3O2.C7H16N2.C5H7NO3/c16-11-5-4-10(14-11)12(17)13-6-9-15-7-2-1-3-8-15;8-4-7-9-5-2-1-3-6-9;7-4-2-1-3(6-4)5(8)9/h10H,1-9H2,(H,13,17)(H,14,16);1-8H2;3H,1-2H2,(H,6,7)(H,8,9)/t10-;;3-/m0.0/s1. The Bertz CT molecular complexity index is 677. The van der Waals surface area contributed by atoms with Gasteiger partial charge >= 0.3 is 5.97 Å². The van der Waals surface area contributed by atoms with Crippen LogP contribution in [0.15, 0.2) is 0 Å². The molecule has 0 bridgehead atoms. The molecule has 2 atom stereocenters. The third-order valence-corrected chi connectivity index (χ3v) is 6.68. The molecule has 3 amide bonds. The molecule has 4 heterocycles. The molecule has 4 fully saturated rings. The fourth-order valence-corrected chi connectivity index (χ4v) is 4.62. The minimum Gasteiger partial charge on any atom is -0.480 e. The van der Waals surface area contributed by atoms with Crippen LogP contribution < -0.4 is 21.7 Å². The summed E-state index contributed by atoms with van der Waals surface area (Å²) in [6, 6.07) is -0.943. The van der Waals surface area contributed by atoms with Crippen LogP contribution in [0.3, 0.4) is 0 Å². The highest BCUT2D eigenvalue weighted by molar-refractivity contribution is 5.90. The maximum Gasteiger partial charge on any atom is 0.326 e. The molecule has 11 nitrogen and oxygen atoms in total. The number of likely N-dealkylation sites (tertiary alicyclic amines) is 2. The van der Waals surface area contributed by atoms with Crippen LogP contribution in [0.4, 0.5) is 0 Å². The number of aliphatic carboxylic acids is 1. The molecule has 4 rings (SSSR count). The summed E-state index contributed by atoms with van der Waals surface area (Å²) in [6.07, 6.45) is 9.92. The topological polar surface area (TPSA) is 157 Å². The van der Waals surface area contributed by atoms with Crippen LogP contribution in [0.25, 0.3) is 0 Å². The molecule has 4 aliphatic rings. The second-order valence-electron chi connectivity index (χ2n) is 9.54. The zero-order valence-corrected chi connectivity index (χ0v) is 20.9. The Morgan fingerprint density at radius 1 is 0.829 bits per heavy atom. The first-order chi connectivity index (χ1) is 16.9. The number of amides is 3. The van der Waals surface area contributed by atoms with Gasteiger partial charge in [0.25, 0.3) is 0 Å². The lowest BCUT2D eigenvalue weighted by molar-refractivity contribution is -0.140. The summed E-state index contributed by atoms with van der Waals surface area (Å²) in [5, 5.41) is 16.2. The van der Waals surface area contributed by atoms with Gasteiger partial charge in [-0.3, -0.25) is 14.4 Å². The van der Waals surface area contributed by atoms with Crippen molar-refractivity contribution in [1.82, 2.24) is 25.8 Å². The Balaban J connectivity index is 0.000000203. The lowest BCUT2D eigenvalue weighted by Gasteiger charge is -2.26. The lowest BCUT2D eigenvalue weighted by atomic mass is 10.1. The Labute approximate surface area is 208 Å². The molecule has 0 saturated carbocycles. The number of piperidine rings is 2. The van der Waals surface area contributed by atoms with E-state index in [-0.39, 0.29) is 23.8 Å². The molecule has 0 radical (unpaired) electrons. The van der Waals surface area contributed by atoms with Gasteiger partial charge in [-0.1, -0.05) is 12.8 Å². The monoisotopic (exact) mass is 496 g/mol. The van der Waals surface area contributed by atoms with Crippen molar-refractivity contribution in [3.8, 4) is 0 Å². The van der Waals surface area contributed by atoms with E-state index in [9.17, 15) is 19.2 Å². The predicted molar refractivity (Wildman–Crippen MR) is 133 cm³/mol. The molecule has 0 aromatic heterocycles. The zero-order valence-electron chi connectivity index (χ0n) is 20.9. The van der Waals surface area contributed by atoms with Crippen molar-refractivity contribution in [1.29, 1.82) is 0 Å². The van der Waals surface area contributed by atoms with E-state index < -0.39 is 12.0 Å². The van der Waals surface area contributed by atoms with Crippen LogP contribution >= 0.6 is 0 Å². The second kappa shape index (κ2) is 16.4. The molecule has 6 N–H and O–H groups in total. The van der Waals surface area contributed by atoms with Gasteiger partial charge in [0, 0.05) is 39.0 Å². The van der Waals surface area contributed by atoms with Gasteiger partial charge in [-0.2, -0.15) is 0 Å². The molecule has 0 unspecified atom stereocenters. The Kier molecular flexibility index (Phi) is 13.6. The molecule has 35 heavy (non-hydrogen) atoms. The number of nitrogens with one attached hydrogen (secondary N) is 3. The van der Waals surface area contributed by atoms with E-state index in [4.69, 9.17) is 10.8 Å². The maximum atomic E-state index is 11.7. The normalized spacial score (nSPS) is 24.8.